The number of carbonyl (C=O) groups excluding carboxylic acids is 1. The van der Waals surface area contributed by atoms with Gasteiger partial charge in [-0.15, -0.1) is 0 Å². The van der Waals surface area contributed by atoms with E-state index in [1.165, 1.54) is 0 Å². The Hall–Kier alpha value is -2.79. The van der Waals surface area contributed by atoms with Gasteiger partial charge in [-0.3, -0.25) is 4.79 Å². The molecule has 108 valence electrons. The van der Waals surface area contributed by atoms with Gasteiger partial charge in [0.15, 0.2) is 5.78 Å². The molecule has 0 aliphatic heterocycles. The van der Waals surface area contributed by atoms with E-state index in [9.17, 15) is 4.79 Å². The van der Waals surface area contributed by atoms with Gasteiger partial charge >= 0.3 is 0 Å². The van der Waals surface area contributed by atoms with Gasteiger partial charge in [-0.05, 0) is 44.2 Å². The van der Waals surface area contributed by atoms with Crippen LogP contribution >= 0.6 is 0 Å². The van der Waals surface area contributed by atoms with E-state index in [1.807, 2.05) is 54.7 Å². The first-order valence-corrected chi connectivity index (χ1v) is 7.40. The minimum absolute atomic E-state index is 0.0883. The summed E-state index contributed by atoms with van der Waals surface area (Å²) in [5.74, 6) is 6.42. The highest BCUT2D eigenvalue weighted by molar-refractivity contribution is 6.07. The summed E-state index contributed by atoms with van der Waals surface area (Å²) in [5, 5.41) is 0.981. The fraction of sp³-hybridized carbons (Fsp3) is 0.150. The second-order valence-electron chi connectivity index (χ2n) is 5.23. The lowest BCUT2D eigenvalue weighted by Crippen LogP contribution is -1.91. The van der Waals surface area contributed by atoms with Crippen LogP contribution in [0.25, 0.3) is 10.9 Å². The van der Waals surface area contributed by atoms with Gasteiger partial charge in [0.25, 0.3) is 0 Å². The van der Waals surface area contributed by atoms with Crippen molar-refractivity contribution in [2.24, 2.45) is 0 Å². The standard InChI is InChI=1S/C20H17NO/c1-3-21-14-19(15(2)22)18-13-17(11-12-20(18)21)10-9-16-7-5-4-6-8-16/h4-8,11-14H,3H2,1-2H3. The Labute approximate surface area is 130 Å². The minimum Gasteiger partial charge on any atom is -0.347 e. The van der Waals surface area contributed by atoms with Crippen LogP contribution in [0.5, 0.6) is 0 Å². The first-order valence-electron chi connectivity index (χ1n) is 7.40. The summed E-state index contributed by atoms with van der Waals surface area (Å²) < 4.78 is 2.10. The molecular formula is C20H17NO. The van der Waals surface area contributed by atoms with E-state index in [0.717, 1.165) is 34.1 Å². The Kier molecular flexibility index (Phi) is 3.80. The highest BCUT2D eigenvalue weighted by Crippen LogP contribution is 2.23. The van der Waals surface area contributed by atoms with Crippen LogP contribution in [0, 0.1) is 11.8 Å². The normalized spacial score (nSPS) is 10.3. The average Bonchev–Trinajstić information content (AvgIpc) is 2.92. The molecule has 0 spiro atoms. The predicted octanol–water partition coefficient (Wildman–Crippen LogP) is 4.26. The van der Waals surface area contributed by atoms with E-state index in [1.54, 1.807) is 6.92 Å². The van der Waals surface area contributed by atoms with E-state index in [4.69, 9.17) is 0 Å². The summed E-state index contributed by atoms with van der Waals surface area (Å²) in [7, 11) is 0. The van der Waals surface area contributed by atoms with Crippen molar-refractivity contribution in [2.45, 2.75) is 20.4 Å². The zero-order valence-electron chi connectivity index (χ0n) is 12.8. The molecule has 0 fully saturated rings. The average molecular weight is 287 g/mol. The van der Waals surface area contributed by atoms with Crippen molar-refractivity contribution in [3.05, 3.63) is 71.4 Å². The molecule has 0 unspecified atom stereocenters. The van der Waals surface area contributed by atoms with Crippen LogP contribution in [0.1, 0.15) is 35.3 Å². The van der Waals surface area contributed by atoms with Crippen molar-refractivity contribution in [1.82, 2.24) is 4.57 Å². The number of rotatable bonds is 2. The lowest BCUT2D eigenvalue weighted by atomic mass is 10.1. The number of hydrogen-bond acceptors (Lipinski definition) is 1. The molecule has 0 saturated heterocycles. The fourth-order valence-electron chi connectivity index (χ4n) is 2.58. The summed E-state index contributed by atoms with van der Waals surface area (Å²) >= 11 is 0. The Morgan fingerprint density at radius 1 is 1.05 bits per heavy atom. The Morgan fingerprint density at radius 2 is 1.77 bits per heavy atom. The molecule has 22 heavy (non-hydrogen) atoms. The highest BCUT2D eigenvalue weighted by atomic mass is 16.1. The second-order valence-corrected chi connectivity index (χ2v) is 5.23. The molecule has 0 atom stereocenters. The quantitative estimate of drug-likeness (QED) is 0.510. The molecule has 3 rings (SSSR count). The maximum absolute atomic E-state index is 11.8. The van der Waals surface area contributed by atoms with E-state index in [0.29, 0.717) is 0 Å². The number of Topliss-reactive ketones (excluding diaryl/α,β-unsaturated/α-hetero) is 1. The van der Waals surface area contributed by atoms with Crippen LogP contribution in [-0.4, -0.2) is 10.4 Å². The molecule has 0 aliphatic carbocycles. The second kappa shape index (κ2) is 5.91. The smallest absolute Gasteiger partial charge is 0.161 e. The Morgan fingerprint density at radius 3 is 2.45 bits per heavy atom. The number of hydrogen-bond donors (Lipinski definition) is 0. The van der Waals surface area contributed by atoms with Crippen LogP contribution in [0.2, 0.25) is 0 Å². The first-order chi connectivity index (χ1) is 10.7. The molecule has 2 aromatic carbocycles. The SMILES string of the molecule is CCn1cc(C(C)=O)c2cc(C#Cc3ccccc3)ccc21. The number of carbonyl (C=O) groups is 1. The van der Waals surface area contributed by atoms with Crippen LogP contribution in [0.15, 0.2) is 54.7 Å². The lowest BCUT2D eigenvalue weighted by Gasteiger charge is -2.00. The third-order valence-corrected chi connectivity index (χ3v) is 3.73. The summed E-state index contributed by atoms with van der Waals surface area (Å²) in [6, 6.07) is 16.0. The molecule has 0 bridgehead atoms. The van der Waals surface area contributed by atoms with Crippen molar-refractivity contribution < 1.29 is 4.79 Å². The topological polar surface area (TPSA) is 22.0 Å². The van der Waals surface area contributed by atoms with Crippen LogP contribution in [-0.2, 0) is 6.54 Å². The largest absolute Gasteiger partial charge is 0.347 e. The Bertz CT molecular complexity index is 892. The molecule has 1 heterocycles. The molecule has 2 heteroatoms. The zero-order valence-corrected chi connectivity index (χ0v) is 12.8. The molecule has 0 N–H and O–H groups in total. The molecule has 0 saturated carbocycles. The molecule has 0 radical (unpaired) electrons. The molecule has 1 aromatic heterocycles. The molecule has 0 amide bonds. The predicted molar refractivity (Wildman–Crippen MR) is 90.0 cm³/mol. The summed E-state index contributed by atoms with van der Waals surface area (Å²) in [6.45, 7) is 4.53. The maximum Gasteiger partial charge on any atom is 0.161 e. The first kappa shape index (κ1) is 14.2. The molecule has 2 nitrogen and oxygen atoms in total. The van der Waals surface area contributed by atoms with Gasteiger partial charge in [-0.1, -0.05) is 30.0 Å². The van der Waals surface area contributed by atoms with Gasteiger partial charge in [0.05, 0.1) is 0 Å². The Balaban J connectivity index is 2.08. The monoisotopic (exact) mass is 287 g/mol. The zero-order chi connectivity index (χ0) is 15.5. The molecular weight excluding hydrogens is 270 g/mol. The summed E-state index contributed by atoms with van der Waals surface area (Å²) in [4.78, 5) is 11.8. The fourth-order valence-corrected chi connectivity index (χ4v) is 2.58. The highest BCUT2D eigenvalue weighted by Gasteiger charge is 2.11. The minimum atomic E-state index is 0.0883. The third kappa shape index (κ3) is 2.66. The van der Waals surface area contributed by atoms with Gasteiger partial charge in [0.2, 0.25) is 0 Å². The van der Waals surface area contributed by atoms with Crippen molar-refractivity contribution >= 4 is 16.7 Å². The molecule has 3 aromatic rings. The van der Waals surface area contributed by atoms with Crippen LogP contribution < -0.4 is 0 Å². The van der Waals surface area contributed by atoms with Crippen molar-refractivity contribution in [3.63, 3.8) is 0 Å². The summed E-state index contributed by atoms with van der Waals surface area (Å²) in [6.07, 6.45) is 1.93. The van der Waals surface area contributed by atoms with Crippen molar-refractivity contribution in [1.29, 1.82) is 0 Å². The maximum atomic E-state index is 11.8. The number of aryl methyl sites for hydroxylation is 1. The van der Waals surface area contributed by atoms with Gasteiger partial charge < -0.3 is 4.57 Å². The third-order valence-electron chi connectivity index (χ3n) is 3.73. The number of aromatic nitrogens is 1. The van der Waals surface area contributed by atoms with E-state index >= 15 is 0 Å². The van der Waals surface area contributed by atoms with E-state index in [2.05, 4.69) is 23.3 Å². The van der Waals surface area contributed by atoms with Crippen molar-refractivity contribution in [3.8, 4) is 11.8 Å². The number of fused-ring (bicyclic) bond motifs is 1. The van der Waals surface area contributed by atoms with E-state index in [-0.39, 0.29) is 5.78 Å². The van der Waals surface area contributed by atoms with Gasteiger partial charge in [-0.2, -0.15) is 0 Å². The number of ketones is 1. The lowest BCUT2D eigenvalue weighted by molar-refractivity contribution is 0.101. The van der Waals surface area contributed by atoms with Gasteiger partial charge in [0.1, 0.15) is 0 Å². The molecule has 0 aliphatic rings. The summed E-state index contributed by atoms with van der Waals surface area (Å²) in [5.41, 5.74) is 3.76. The number of nitrogens with zero attached hydrogens (tertiary/aromatic N) is 1. The van der Waals surface area contributed by atoms with E-state index < -0.39 is 0 Å². The van der Waals surface area contributed by atoms with Crippen LogP contribution in [0.3, 0.4) is 0 Å². The van der Waals surface area contributed by atoms with Crippen LogP contribution in [0.4, 0.5) is 0 Å². The van der Waals surface area contributed by atoms with Crippen molar-refractivity contribution in [2.75, 3.05) is 0 Å². The van der Waals surface area contributed by atoms with Gasteiger partial charge in [0, 0.05) is 40.3 Å². The number of benzene rings is 2. The van der Waals surface area contributed by atoms with Gasteiger partial charge in [-0.25, -0.2) is 0 Å².